The quantitative estimate of drug-likeness (QED) is 0.0669. The molecule has 0 aromatic rings. The van der Waals surface area contributed by atoms with Gasteiger partial charge in [-0.3, -0.25) is 4.79 Å². The van der Waals surface area contributed by atoms with Crippen molar-refractivity contribution < 1.29 is 9.53 Å². The van der Waals surface area contributed by atoms with Crippen LogP contribution in [-0.4, -0.2) is 12.6 Å². The molecule has 0 aliphatic rings. The molecule has 0 fully saturated rings. The molecule has 0 saturated heterocycles. The number of carbonyl (C=O) groups excluding carboxylic acids is 1. The van der Waals surface area contributed by atoms with Gasteiger partial charge in [-0.2, -0.15) is 0 Å². The first-order chi connectivity index (χ1) is 18.3. The third kappa shape index (κ3) is 27.5. The Morgan fingerprint density at radius 2 is 0.895 bits per heavy atom. The molecule has 0 aromatic heterocycles. The summed E-state index contributed by atoms with van der Waals surface area (Å²) in [6, 6.07) is 0. The fourth-order valence-electron chi connectivity index (χ4n) is 4.62. The minimum absolute atomic E-state index is 0.0444. The molecule has 0 N–H and O–H groups in total. The summed E-state index contributed by atoms with van der Waals surface area (Å²) in [5.74, 6) is -0.0444. The van der Waals surface area contributed by atoms with Crippen LogP contribution in [0.2, 0.25) is 0 Å². The van der Waals surface area contributed by atoms with Gasteiger partial charge in [0.1, 0.15) is 6.61 Å². The van der Waals surface area contributed by atoms with Crippen molar-refractivity contribution in [2.24, 2.45) is 0 Å². The normalized spacial score (nSPS) is 12.6. The Bertz CT molecular complexity index is 688. The van der Waals surface area contributed by atoms with Crippen molar-refractivity contribution >= 4 is 5.97 Å². The number of rotatable bonds is 25. The van der Waals surface area contributed by atoms with Gasteiger partial charge < -0.3 is 4.74 Å². The minimum Gasteiger partial charge on any atom is -0.461 e. The first-order valence-electron chi connectivity index (χ1n) is 16.1. The smallest absolute Gasteiger partial charge is 0.306 e. The zero-order valence-corrected chi connectivity index (χ0v) is 26.5. The van der Waals surface area contributed by atoms with Gasteiger partial charge in [-0.15, -0.1) is 0 Å². The number of carbonyl (C=O) groups is 1. The molecule has 220 valence electrons. The van der Waals surface area contributed by atoms with Crippen molar-refractivity contribution in [2.75, 3.05) is 6.61 Å². The Morgan fingerprint density at radius 3 is 1.34 bits per heavy atom. The minimum atomic E-state index is -0.0444. The number of allylic oxidation sites excluding steroid dienone is 7. The predicted octanol–water partition coefficient (Wildman–Crippen LogP) is 12.2. The van der Waals surface area contributed by atoms with E-state index in [1.807, 2.05) is 0 Å². The molecule has 0 bridgehead atoms. The highest BCUT2D eigenvalue weighted by molar-refractivity contribution is 5.69. The lowest BCUT2D eigenvalue weighted by molar-refractivity contribution is -0.142. The van der Waals surface area contributed by atoms with Crippen molar-refractivity contribution in [3.8, 4) is 0 Å². The first-order valence-corrected chi connectivity index (χ1v) is 16.1. The highest BCUT2D eigenvalue weighted by Gasteiger charge is 2.02. The Morgan fingerprint density at radius 1 is 0.500 bits per heavy atom. The van der Waals surface area contributed by atoms with Gasteiger partial charge in [0.05, 0.1) is 0 Å². The zero-order valence-electron chi connectivity index (χ0n) is 26.5. The van der Waals surface area contributed by atoms with E-state index in [-0.39, 0.29) is 5.97 Å². The van der Waals surface area contributed by atoms with Crippen LogP contribution in [0.1, 0.15) is 170 Å². The maximum atomic E-state index is 12.0. The topological polar surface area (TPSA) is 26.3 Å². The van der Waals surface area contributed by atoms with E-state index in [2.05, 4.69) is 65.8 Å². The molecule has 0 rings (SSSR count). The van der Waals surface area contributed by atoms with Crippen LogP contribution in [0.5, 0.6) is 0 Å². The lowest BCUT2D eigenvalue weighted by atomic mass is 10.0. The van der Waals surface area contributed by atoms with E-state index in [1.54, 1.807) is 0 Å². The summed E-state index contributed by atoms with van der Waals surface area (Å²) < 4.78 is 5.42. The second-order valence-corrected chi connectivity index (χ2v) is 11.7. The average molecular weight is 529 g/mol. The molecule has 0 radical (unpaired) electrons. The van der Waals surface area contributed by atoms with Gasteiger partial charge in [-0.05, 0) is 85.6 Å². The molecule has 0 amide bonds. The zero-order chi connectivity index (χ0) is 28.3. The van der Waals surface area contributed by atoms with E-state index in [9.17, 15) is 4.79 Å². The maximum Gasteiger partial charge on any atom is 0.306 e. The van der Waals surface area contributed by atoms with Gasteiger partial charge in [-0.1, -0.05) is 124 Å². The molecule has 0 aliphatic heterocycles. The Balaban J connectivity index is 3.71. The van der Waals surface area contributed by atoms with E-state index in [1.165, 1.54) is 99.3 Å². The molecule has 0 heterocycles. The summed E-state index contributed by atoms with van der Waals surface area (Å²) in [6.45, 7) is 13.7. The van der Waals surface area contributed by atoms with E-state index in [0.717, 1.165) is 44.9 Å². The molecule has 2 heteroatoms. The number of hydrogen-bond acceptors (Lipinski definition) is 2. The predicted molar refractivity (Wildman–Crippen MR) is 170 cm³/mol. The van der Waals surface area contributed by atoms with Crippen molar-refractivity contribution in [1.82, 2.24) is 0 Å². The summed E-state index contributed by atoms with van der Waals surface area (Å²) in [5, 5.41) is 0. The van der Waals surface area contributed by atoms with Gasteiger partial charge in [0, 0.05) is 6.42 Å². The van der Waals surface area contributed by atoms with Crippen LogP contribution < -0.4 is 0 Å². The fraction of sp³-hybridized carbons (Fsp3) is 0.750. The number of hydrogen-bond donors (Lipinski definition) is 0. The molecular formula is C36H64O2. The monoisotopic (exact) mass is 528 g/mol. The van der Waals surface area contributed by atoms with Crippen LogP contribution in [0.3, 0.4) is 0 Å². The summed E-state index contributed by atoms with van der Waals surface area (Å²) in [4.78, 5) is 12.0. The molecular weight excluding hydrogens is 464 g/mol. The van der Waals surface area contributed by atoms with Crippen LogP contribution in [-0.2, 0) is 9.53 Å². The van der Waals surface area contributed by atoms with Gasteiger partial charge in [0.25, 0.3) is 0 Å². The third-order valence-corrected chi connectivity index (χ3v) is 7.31. The summed E-state index contributed by atoms with van der Waals surface area (Å²) in [7, 11) is 0. The molecule has 2 nitrogen and oxygen atoms in total. The van der Waals surface area contributed by atoms with Crippen molar-refractivity contribution in [3.63, 3.8) is 0 Å². The van der Waals surface area contributed by atoms with Crippen LogP contribution >= 0.6 is 0 Å². The summed E-state index contributed by atoms with van der Waals surface area (Å²) >= 11 is 0. The van der Waals surface area contributed by atoms with Crippen molar-refractivity contribution in [2.45, 2.75) is 170 Å². The van der Waals surface area contributed by atoms with Crippen LogP contribution in [0, 0.1) is 0 Å². The highest BCUT2D eigenvalue weighted by atomic mass is 16.5. The summed E-state index contributed by atoms with van der Waals surface area (Å²) in [5.41, 5.74) is 5.68. The number of esters is 1. The molecule has 0 atom stereocenters. The molecule has 0 unspecified atom stereocenters. The Kier molecular flexibility index (Phi) is 25.9. The Labute approximate surface area is 238 Å². The van der Waals surface area contributed by atoms with Gasteiger partial charge in [0.2, 0.25) is 0 Å². The third-order valence-electron chi connectivity index (χ3n) is 7.31. The van der Waals surface area contributed by atoms with Crippen LogP contribution in [0.25, 0.3) is 0 Å². The second kappa shape index (κ2) is 27.0. The number of ether oxygens (including phenoxy) is 1. The first kappa shape index (κ1) is 36.4. The van der Waals surface area contributed by atoms with Crippen LogP contribution in [0.15, 0.2) is 46.6 Å². The standard InChI is InChI=1S/C36H64O2/c1-7-8-9-10-11-12-13-14-15-16-17-18-19-29-36(37)38-31-30-35(6)28-22-27-34(5)26-21-25-33(4)24-20-23-32(2)3/h23,25,27,30H,7-22,24,26,28-29,31H2,1-6H3. The van der Waals surface area contributed by atoms with Crippen molar-refractivity contribution in [3.05, 3.63) is 46.6 Å². The van der Waals surface area contributed by atoms with Gasteiger partial charge in [0.15, 0.2) is 0 Å². The van der Waals surface area contributed by atoms with E-state index >= 15 is 0 Å². The molecule has 0 saturated carbocycles. The lowest BCUT2D eigenvalue weighted by Crippen LogP contribution is -2.04. The lowest BCUT2D eigenvalue weighted by Gasteiger charge is -2.05. The SMILES string of the molecule is CCCCCCCCCCCCCCCC(=O)OCC=C(C)CCC=C(C)CCC=C(C)CCC=C(C)C. The number of unbranched alkanes of at least 4 members (excludes halogenated alkanes) is 12. The van der Waals surface area contributed by atoms with Crippen molar-refractivity contribution in [1.29, 1.82) is 0 Å². The van der Waals surface area contributed by atoms with Crippen LogP contribution in [0.4, 0.5) is 0 Å². The molecule has 0 aliphatic carbocycles. The second-order valence-electron chi connectivity index (χ2n) is 11.7. The summed E-state index contributed by atoms with van der Waals surface area (Å²) in [6.07, 6.45) is 33.6. The molecule has 0 spiro atoms. The molecule has 38 heavy (non-hydrogen) atoms. The molecule has 0 aromatic carbocycles. The van der Waals surface area contributed by atoms with Gasteiger partial charge in [-0.25, -0.2) is 0 Å². The van der Waals surface area contributed by atoms with E-state index in [4.69, 9.17) is 4.74 Å². The van der Waals surface area contributed by atoms with E-state index in [0.29, 0.717) is 13.0 Å². The largest absolute Gasteiger partial charge is 0.461 e. The Hall–Kier alpha value is -1.57. The average Bonchev–Trinajstić information content (AvgIpc) is 2.86. The highest BCUT2D eigenvalue weighted by Crippen LogP contribution is 2.15. The van der Waals surface area contributed by atoms with E-state index < -0.39 is 0 Å². The van der Waals surface area contributed by atoms with Gasteiger partial charge >= 0.3 is 5.97 Å². The maximum absolute atomic E-state index is 12.0. The fourth-order valence-corrected chi connectivity index (χ4v) is 4.62.